The van der Waals surface area contributed by atoms with Crippen LogP contribution in [0.5, 0.6) is 0 Å². The number of carbonyl (C=O) groups excluding carboxylic acids is 1. The van der Waals surface area contributed by atoms with Crippen LogP contribution in [-0.2, 0) is 4.79 Å². The molecule has 1 aromatic carbocycles. The van der Waals surface area contributed by atoms with Crippen LogP contribution in [0.3, 0.4) is 0 Å². The number of carbonyl (C=O) groups is 1. The minimum atomic E-state index is 0.102. The highest BCUT2D eigenvalue weighted by Crippen LogP contribution is 2.17. The lowest BCUT2D eigenvalue weighted by atomic mass is 10.2. The third kappa shape index (κ3) is 2.34. The highest BCUT2D eigenvalue weighted by Gasteiger charge is 2.16. The van der Waals surface area contributed by atoms with Gasteiger partial charge >= 0.3 is 0 Å². The first-order chi connectivity index (χ1) is 6.66. The fraction of sp³-hybridized carbons (Fsp3) is 0.417. The van der Waals surface area contributed by atoms with E-state index in [1.54, 1.807) is 6.92 Å². The largest absolute Gasteiger partial charge is 0.310 e. The molecule has 0 heterocycles. The maximum atomic E-state index is 11.5. The van der Waals surface area contributed by atoms with Gasteiger partial charge in [-0.2, -0.15) is 0 Å². The van der Waals surface area contributed by atoms with Gasteiger partial charge in [0, 0.05) is 18.7 Å². The van der Waals surface area contributed by atoms with Crippen LogP contribution in [0.25, 0.3) is 0 Å². The number of hydrogen-bond acceptors (Lipinski definition) is 1. The molecule has 0 aliphatic rings. The summed E-state index contributed by atoms with van der Waals surface area (Å²) in [5.41, 5.74) is 0.981. The minimum absolute atomic E-state index is 0.102. The Morgan fingerprint density at radius 3 is 2.36 bits per heavy atom. The van der Waals surface area contributed by atoms with Crippen molar-refractivity contribution in [2.75, 3.05) is 4.90 Å². The van der Waals surface area contributed by atoms with Gasteiger partial charge in [0.2, 0.25) is 5.91 Å². The van der Waals surface area contributed by atoms with Crippen molar-refractivity contribution in [1.82, 2.24) is 0 Å². The van der Waals surface area contributed by atoms with Gasteiger partial charge in [-0.25, -0.2) is 0 Å². The van der Waals surface area contributed by atoms with Gasteiger partial charge < -0.3 is 4.90 Å². The third-order valence-corrected chi connectivity index (χ3v) is 2.41. The van der Waals surface area contributed by atoms with Crippen molar-refractivity contribution in [3.63, 3.8) is 0 Å². The topological polar surface area (TPSA) is 20.3 Å². The Bertz CT molecular complexity index is 294. The molecule has 14 heavy (non-hydrogen) atoms. The summed E-state index contributed by atoms with van der Waals surface area (Å²) in [4.78, 5) is 13.3. The Labute approximate surface area is 85.5 Å². The van der Waals surface area contributed by atoms with Crippen molar-refractivity contribution in [3.8, 4) is 0 Å². The second-order valence-corrected chi connectivity index (χ2v) is 3.48. The van der Waals surface area contributed by atoms with Crippen LogP contribution in [0.4, 0.5) is 5.69 Å². The predicted molar refractivity (Wildman–Crippen MR) is 59.4 cm³/mol. The molecule has 0 bridgehead atoms. The molecule has 76 valence electrons. The minimum Gasteiger partial charge on any atom is -0.310 e. The lowest BCUT2D eigenvalue weighted by Gasteiger charge is -2.27. The number of nitrogens with zero attached hydrogens (tertiary/aromatic N) is 1. The monoisotopic (exact) mass is 191 g/mol. The van der Waals surface area contributed by atoms with Crippen molar-refractivity contribution in [3.05, 3.63) is 30.3 Å². The quantitative estimate of drug-likeness (QED) is 0.719. The van der Waals surface area contributed by atoms with Gasteiger partial charge in [0.05, 0.1) is 0 Å². The first kappa shape index (κ1) is 10.8. The van der Waals surface area contributed by atoms with E-state index in [1.165, 1.54) is 0 Å². The van der Waals surface area contributed by atoms with E-state index in [-0.39, 0.29) is 11.9 Å². The van der Waals surface area contributed by atoms with Gasteiger partial charge in [-0.1, -0.05) is 25.1 Å². The lowest BCUT2D eigenvalue weighted by Crippen LogP contribution is -2.36. The van der Waals surface area contributed by atoms with Crippen LogP contribution in [-0.4, -0.2) is 11.9 Å². The van der Waals surface area contributed by atoms with Crippen LogP contribution in [0.15, 0.2) is 30.3 Å². The van der Waals surface area contributed by atoms with E-state index >= 15 is 0 Å². The number of para-hydroxylation sites is 1. The van der Waals surface area contributed by atoms with Gasteiger partial charge in [-0.3, -0.25) is 4.79 Å². The summed E-state index contributed by atoms with van der Waals surface area (Å²) < 4.78 is 0. The van der Waals surface area contributed by atoms with Crippen molar-refractivity contribution in [2.45, 2.75) is 33.2 Å². The van der Waals surface area contributed by atoms with Crippen LogP contribution in [0.1, 0.15) is 27.2 Å². The second-order valence-electron chi connectivity index (χ2n) is 3.48. The molecule has 1 rings (SSSR count). The molecule has 0 fully saturated rings. The number of anilines is 1. The Morgan fingerprint density at radius 2 is 1.93 bits per heavy atom. The molecule has 2 heteroatoms. The first-order valence-electron chi connectivity index (χ1n) is 5.01. The average molecular weight is 191 g/mol. The Balaban J connectivity index is 2.95. The zero-order valence-corrected chi connectivity index (χ0v) is 9.03. The highest BCUT2D eigenvalue weighted by atomic mass is 16.2. The van der Waals surface area contributed by atoms with Crippen LogP contribution in [0.2, 0.25) is 0 Å². The standard InChI is InChI=1S/C12H17NO/c1-4-10(2)13(11(3)14)12-8-6-5-7-9-12/h5-10H,4H2,1-3H3. The summed E-state index contributed by atoms with van der Waals surface area (Å²) >= 11 is 0. The number of benzene rings is 1. The van der Waals surface area contributed by atoms with Gasteiger partial charge in [0.15, 0.2) is 0 Å². The van der Waals surface area contributed by atoms with E-state index in [9.17, 15) is 4.79 Å². The Kier molecular flexibility index (Phi) is 3.69. The summed E-state index contributed by atoms with van der Waals surface area (Å²) in [6.45, 7) is 5.76. The molecule has 1 atom stereocenters. The molecule has 1 amide bonds. The smallest absolute Gasteiger partial charge is 0.224 e. The van der Waals surface area contributed by atoms with E-state index in [1.807, 2.05) is 35.2 Å². The summed E-state index contributed by atoms with van der Waals surface area (Å²) in [6, 6.07) is 10.1. The molecule has 0 aliphatic heterocycles. The average Bonchev–Trinajstić information content (AvgIpc) is 2.19. The zero-order chi connectivity index (χ0) is 10.6. The third-order valence-electron chi connectivity index (χ3n) is 2.41. The van der Waals surface area contributed by atoms with Crippen LogP contribution >= 0.6 is 0 Å². The summed E-state index contributed by atoms with van der Waals surface area (Å²) in [6.07, 6.45) is 0.967. The number of hydrogen-bond donors (Lipinski definition) is 0. The van der Waals surface area contributed by atoms with Crippen molar-refractivity contribution >= 4 is 11.6 Å². The first-order valence-corrected chi connectivity index (χ1v) is 5.01. The van der Waals surface area contributed by atoms with Gasteiger partial charge in [0.25, 0.3) is 0 Å². The van der Waals surface area contributed by atoms with E-state index in [2.05, 4.69) is 13.8 Å². The summed E-state index contributed by atoms with van der Waals surface area (Å²) in [5.74, 6) is 0.102. The van der Waals surface area contributed by atoms with E-state index in [0.29, 0.717) is 0 Å². The molecule has 0 saturated carbocycles. The molecule has 0 aliphatic carbocycles. The van der Waals surface area contributed by atoms with E-state index < -0.39 is 0 Å². The molecule has 1 aromatic rings. The van der Waals surface area contributed by atoms with Crippen molar-refractivity contribution in [2.24, 2.45) is 0 Å². The molecule has 2 nitrogen and oxygen atoms in total. The molecule has 0 aromatic heterocycles. The molecular weight excluding hydrogens is 174 g/mol. The lowest BCUT2D eigenvalue weighted by molar-refractivity contribution is -0.117. The van der Waals surface area contributed by atoms with Crippen molar-refractivity contribution < 1.29 is 4.79 Å². The fourth-order valence-electron chi connectivity index (χ4n) is 1.52. The number of amides is 1. The highest BCUT2D eigenvalue weighted by molar-refractivity contribution is 5.91. The fourth-order valence-corrected chi connectivity index (χ4v) is 1.52. The Morgan fingerprint density at radius 1 is 1.36 bits per heavy atom. The molecule has 0 saturated heterocycles. The van der Waals surface area contributed by atoms with Crippen LogP contribution < -0.4 is 4.90 Å². The number of rotatable bonds is 3. The molecule has 0 radical (unpaired) electrons. The van der Waals surface area contributed by atoms with Gasteiger partial charge in [-0.05, 0) is 25.5 Å². The molecule has 0 N–H and O–H groups in total. The Hall–Kier alpha value is -1.31. The molecule has 1 unspecified atom stereocenters. The predicted octanol–water partition coefficient (Wildman–Crippen LogP) is 2.84. The normalized spacial score (nSPS) is 12.2. The zero-order valence-electron chi connectivity index (χ0n) is 9.03. The van der Waals surface area contributed by atoms with Crippen molar-refractivity contribution in [1.29, 1.82) is 0 Å². The van der Waals surface area contributed by atoms with Gasteiger partial charge in [-0.15, -0.1) is 0 Å². The summed E-state index contributed by atoms with van der Waals surface area (Å²) in [7, 11) is 0. The van der Waals surface area contributed by atoms with E-state index in [4.69, 9.17) is 0 Å². The molecular formula is C12H17NO. The summed E-state index contributed by atoms with van der Waals surface area (Å²) in [5, 5.41) is 0. The SMILES string of the molecule is CCC(C)N(C(C)=O)c1ccccc1. The van der Waals surface area contributed by atoms with Gasteiger partial charge in [0.1, 0.15) is 0 Å². The second kappa shape index (κ2) is 4.80. The van der Waals surface area contributed by atoms with Crippen LogP contribution in [0, 0.1) is 0 Å². The maximum absolute atomic E-state index is 11.5. The molecule has 0 spiro atoms. The maximum Gasteiger partial charge on any atom is 0.224 e. The van der Waals surface area contributed by atoms with E-state index in [0.717, 1.165) is 12.1 Å².